The number of carbonyl (C=O) groups is 1. The third kappa shape index (κ3) is 3.87. The van der Waals surface area contributed by atoms with Gasteiger partial charge in [0.25, 0.3) is 0 Å². The topological polar surface area (TPSA) is 84.3 Å². The summed E-state index contributed by atoms with van der Waals surface area (Å²) < 4.78 is 7.68. The lowest BCUT2D eigenvalue weighted by Crippen LogP contribution is -2.54. The summed E-state index contributed by atoms with van der Waals surface area (Å²) in [7, 11) is 0. The maximum absolute atomic E-state index is 12.6. The van der Waals surface area contributed by atoms with Crippen LogP contribution in [-0.4, -0.2) is 64.3 Å². The minimum atomic E-state index is -0.0410. The second kappa shape index (κ2) is 7.94. The first kappa shape index (κ1) is 17.2. The van der Waals surface area contributed by atoms with E-state index in [0.717, 1.165) is 38.0 Å². The molecule has 0 saturated carbocycles. The van der Waals surface area contributed by atoms with Gasteiger partial charge >= 0.3 is 6.03 Å². The zero-order chi connectivity index (χ0) is 16.9. The third-order valence-corrected chi connectivity index (χ3v) is 4.94. The SMILES string of the molecule is CCC1CN(C(=O)NCc2cn(C3CCNC3)nn2)C(CC)CO1. The Hall–Kier alpha value is -1.67. The highest BCUT2D eigenvalue weighted by atomic mass is 16.5. The molecular weight excluding hydrogens is 308 g/mol. The Morgan fingerprint density at radius 2 is 2.33 bits per heavy atom. The van der Waals surface area contributed by atoms with Crippen LogP contribution in [0.3, 0.4) is 0 Å². The van der Waals surface area contributed by atoms with Gasteiger partial charge in [0.2, 0.25) is 0 Å². The lowest BCUT2D eigenvalue weighted by molar-refractivity contribution is -0.0479. The molecular formula is C16H28N6O2. The lowest BCUT2D eigenvalue weighted by Gasteiger charge is -2.39. The van der Waals surface area contributed by atoms with Gasteiger partial charge in [-0.25, -0.2) is 9.48 Å². The molecule has 2 saturated heterocycles. The third-order valence-electron chi connectivity index (χ3n) is 4.94. The number of nitrogens with one attached hydrogen (secondary N) is 2. The molecule has 3 rings (SSSR count). The normalized spacial score (nSPS) is 27.4. The summed E-state index contributed by atoms with van der Waals surface area (Å²) in [5.41, 5.74) is 0.795. The van der Waals surface area contributed by atoms with Gasteiger partial charge in [0, 0.05) is 13.1 Å². The van der Waals surface area contributed by atoms with Gasteiger partial charge in [-0.15, -0.1) is 5.10 Å². The predicted molar refractivity (Wildman–Crippen MR) is 89.6 cm³/mol. The van der Waals surface area contributed by atoms with Crippen LogP contribution in [0.4, 0.5) is 4.79 Å². The van der Waals surface area contributed by atoms with Gasteiger partial charge in [-0.2, -0.15) is 0 Å². The summed E-state index contributed by atoms with van der Waals surface area (Å²) in [4.78, 5) is 14.5. The van der Waals surface area contributed by atoms with Crippen molar-refractivity contribution in [3.63, 3.8) is 0 Å². The molecule has 0 bridgehead atoms. The summed E-state index contributed by atoms with van der Waals surface area (Å²) in [6.45, 7) is 7.80. The van der Waals surface area contributed by atoms with Crippen LogP contribution in [0, 0.1) is 0 Å². The number of hydrogen-bond donors (Lipinski definition) is 2. The van der Waals surface area contributed by atoms with Crippen molar-refractivity contribution in [2.24, 2.45) is 0 Å². The van der Waals surface area contributed by atoms with Crippen molar-refractivity contribution in [3.8, 4) is 0 Å². The maximum atomic E-state index is 12.6. The number of rotatable bonds is 5. The molecule has 0 radical (unpaired) electrons. The zero-order valence-corrected chi connectivity index (χ0v) is 14.6. The molecule has 0 aromatic carbocycles. The van der Waals surface area contributed by atoms with E-state index in [9.17, 15) is 4.79 Å². The number of carbonyl (C=O) groups excluding carboxylic acids is 1. The molecule has 2 amide bonds. The van der Waals surface area contributed by atoms with E-state index in [-0.39, 0.29) is 18.2 Å². The minimum Gasteiger partial charge on any atom is -0.374 e. The number of amides is 2. The highest BCUT2D eigenvalue weighted by Crippen LogP contribution is 2.17. The minimum absolute atomic E-state index is 0.0410. The molecule has 3 unspecified atom stereocenters. The average Bonchev–Trinajstić information content (AvgIpc) is 3.30. The van der Waals surface area contributed by atoms with Gasteiger partial charge in [-0.05, 0) is 25.8 Å². The second-order valence-electron chi connectivity index (χ2n) is 6.57. The molecule has 2 fully saturated rings. The highest BCUT2D eigenvalue weighted by Gasteiger charge is 2.30. The smallest absolute Gasteiger partial charge is 0.318 e. The number of aromatic nitrogens is 3. The quantitative estimate of drug-likeness (QED) is 0.835. The highest BCUT2D eigenvalue weighted by molar-refractivity contribution is 5.74. The van der Waals surface area contributed by atoms with Gasteiger partial charge < -0.3 is 20.3 Å². The van der Waals surface area contributed by atoms with E-state index in [2.05, 4.69) is 34.8 Å². The van der Waals surface area contributed by atoms with Gasteiger partial charge in [-0.1, -0.05) is 19.1 Å². The maximum Gasteiger partial charge on any atom is 0.318 e. The summed E-state index contributed by atoms with van der Waals surface area (Å²) in [5, 5.41) is 14.7. The fourth-order valence-corrected chi connectivity index (χ4v) is 3.30. The molecule has 8 nitrogen and oxygen atoms in total. The zero-order valence-electron chi connectivity index (χ0n) is 14.6. The Morgan fingerprint density at radius 1 is 1.46 bits per heavy atom. The number of hydrogen-bond acceptors (Lipinski definition) is 5. The molecule has 0 spiro atoms. The molecule has 2 aliphatic heterocycles. The number of ether oxygens (including phenoxy) is 1. The van der Waals surface area contributed by atoms with Crippen LogP contribution in [0.5, 0.6) is 0 Å². The number of nitrogens with zero attached hydrogens (tertiary/aromatic N) is 4. The van der Waals surface area contributed by atoms with Crippen molar-refractivity contribution in [1.82, 2.24) is 30.5 Å². The first-order valence-corrected chi connectivity index (χ1v) is 8.98. The van der Waals surface area contributed by atoms with Gasteiger partial charge in [-0.3, -0.25) is 0 Å². The van der Waals surface area contributed by atoms with Crippen LogP contribution >= 0.6 is 0 Å². The predicted octanol–water partition coefficient (Wildman–Crippen LogP) is 0.912. The van der Waals surface area contributed by atoms with Crippen molar-refractivity contribution < 1.29 is 9.53 Å². The standard InChI is InChI=1S/C16H28N6O2/c1-3-13-11-24-15(4-2)10-21(13)16(23)18-7-12-9-22(20-19-12)14-5-6-17-8-14/h9,13-15,17H,3-8,10-11H2,1-2H3,(H,18,23). The molecule has 24 heavy (non-hydrogen) atoms. The summed E-state index contributed by atoms with van der Waals surface area (Å²) in [6, 6.07) is 0.477. The van der Waals surface area contributed by atoms with Crippen LogP contribution < -0.4 is 10.6 Å². The first-order chi connectivity index (χ1) is 11.7. The second-order valence-corrected chi connectivity index (χ2v) is 6.57. The largest absolute Gasteiger partial charge is 0.374 e. The fraction of sp³-hybridized carbons (Fsp3) is 0.812. The molecule has 3 atom stereocenters. The van der Waals surface area contributed by atoms with Crippen LogP contribution in [-0.2, 0) is 11.3 Å². The van der Waals surface area contributed by atoms with Crippen LogP contribution in [0.15, 0.2) is 6.20 Å². The van der Waals surface area contributed by atoms with Crippen molar-refractivity contribution in [2.45, 2.75) is 57.8 Å². The van der Waals surface area contributed by atoms with Crippen LogP contribution in [0.25, 0.3) is 0 Å². The molecule has 134 valence electrons. The van der Waals surface area contributed by atoms with E-state index in [1.54, 1.807) is 0 Å². The Kier molecular flexibility index (Phi) is 5.68. The first-order valence-electron chi connectivity index (χ1n) is 8.98. The van der Waals surface area contributed by atoms with E-state index in [4.69, 9.17) is 4.74 Å². The average molecular weight is 336 g/mol. The molecule has 8 heteroatoms. The van der Waals surface area contributed by atoms with E-state index in [0.29, 0.717) is 25.7 Å². The van der Waals surface area contributed by atoms with Crippen LogP contribution in [0.1, 0.15) is 44.8 Å². The summed E-state index contributed by atoms with van der Waals surface area (Å²) in [5.74, 6) is 0. The van der Waals surface area contributed by atoms with E-state index >= 15 is 0 Å². The summed E-state index contributed by atoms with van der Waals surface area (Å²) in [6.07, 6.45) is 4.95. The molecule has 2 aliphatic rings. The van der Waals surface area contributed by atoms with E-state index < -0.39 is 0 Å². The Bertz CT molecular complexity index is 542. The van der Waals surface area contributed by atoms with Crippen molar-refractivity contribution in [1.29, 1.82) is 0 Å². The van der Waals surface area contributed by atoms with E-state index in [1.807, 2.05) is 15.8 Å². The molecule has 1 aromatic rings. The van der Waals surface area contributed by atoms with Crippen molar-refractivity contribution in [3.05, 3.63) is 11.9 Å². The van der Waals surface area contributed by atoms with Gasteiger partial charge in [0.15, 0.2) is 0 Å². The number of urea groups is 1. The van der Waals surface area contributed by atoms with Crippen LogP contribution in [0.2, 0.25) is 0 Å². The fourth-order valence-electron chi connectivity index (χ4n) is 3.30. The van der Waals surface area contributed by atoms with Crippen molar-refractivity contribution >= 4 is 6.03 Å². The van der Waals surface area contributed by atoms with Gasteiger partial charge in [0.1, 0.15) is 5.69 Å². The van der Waals surface area contributed by atoms with E-state index in [1.165, 1.54) is 0 Å². The molecule has 2 N–H and O–H groups in total. The Morgan fingerprint density at radius 3 is 3.04 bits per heavy atom. The molecule has 0 aliphatic carbocycles. The van der Waals surface area contributed by atoms with Crippen molar-refractivity contribution in [2.75, 3.05) is 26.2 Å². The summed E-state index contributed by atoms with van der Waals surface area (Å²) >= 11 is 0. The molecule has 3 heterocycles. The monoisotopic (exact) mass is 336 g/mol. The Labute approximate surface area is 142 Å². The molecule has 1 aromatic heterocycles. The number of morpholine rings is 1. The lowest BCUT2D eigenvalue weighted by atomic mass is 10.1. The Balaban J connectivity index is 1.54. The van der Waals surface area contributed by atoms with Gasteiger partial charge in [0.05, 0.1) is 37.5 Å².